The van der Waals surface area contributed by atoms with E-state index in [0.717, 1.165) is 17.6 Å². The van der Waals surface area contributed by atoms with Gasteiger partial charge in [0.15, 0.2) is 0 Å². The van der Waals surface area contributed by atoms with Crippen molar-refractivity contribution in [1.82, 2.24) is 0 Å². The molecule has 1 aromatic carbocycles. The molecule has 0 unspecified atom stereocenters. The summed E-state index contributed by atoms with van der Waals surface area (Å²) < 4.78 is 0. The number of carbonyl (C=O) groups excluding carboxylic acids is 1. The van der Waals surface area contributed by atoms with Crippen LogP contribution in [0, 0.1) is 0 Å². The van der Waals surface area contributed by atoms with Gasteiger partial charge in [-0.15, -0.1) is 0 Å². The summed E-state index contributed by atoms with van der Waals surface area (Å²) in [5.41, 5.74) is 1.85. The summed E-state index contributed by atoms with van der Waals surface area (Å²) in [6.45, 7) is 5.81. The second kappa shape index (κ2) is 6.07. The van der Waals surface area contributed by atoms with E-state index in [9.17, 15) is 4.79 Å². The van der Waals surface area contributed by atoms with Crippen LogP contribution in [-0.4, -0.2) is 5.78 Å². The van der Waals surface area contributed by atoms with Gasteiger partial charge in [-0.3, -0.25) is 4.79 Å². The Morgan fingerprint density at radius 1 is 1.31 bits per heavy atom. The van der Waals surface area contributed by atoms with Crippen molar-refractivity contribution < 1.29 is 4.79 Å². The van der Waals surface area contributed by atoms with E-state index >= 15 is 0 Å². The van der Waals surface area contributed by atoms with Crippen LogP contribution in [0.3, 0.4) is 0 Å². The van der Waals surface area contributed by atoms with E-state index in [2.05, 4.69) is 6.58 Å². The maximum atomic E-state index is 11.6. The lowest BCUT2D eigenvalue weighted by Gasteiger charge is -2.04. The topological polar surface area (TPSA) is 17.1 Å². The molecule has 0 amide bonds. The summed E-state index contributed by atoms with van der Waals surface area (Å²) in [4.78, 5) is 11.6. The predicted molar refractivity (Wildman–Crippen MR) is 69.2 cm³/mol. The number of ketones is 1. The molecule has 0 saturated heterocycles. The van der Waals surface area contributed by atoms with Gasteiger partial charge in [-0.1, -0.05) is 48.3 Å². The van der Waals surface area contributed by atoms with E-state index < -0.39 is 0 Å². The smallest absolute Gasteiger partial charge is 0.141 e. The SMILES string of the molecule is C=C(CC)CC(=O)Cc1ccc(Cl)c(Cl)c1. The third-order valence-corrected chi connectivity index (χ3v) is 3.07. The van der Waals surface area contributed by atoms with Crippen molar-refractivity contribution in [3.8, 4) is 0 Å². The first-order valence-electron chi connectivity index (χ1n) is 5.15. The molecule has 3 heteroatoms. The first-order chi connectivity index (χ1) is 7.52. The zero-order valence-electron chi connectivity index (χ0n) is 9.22. The van der Waals surface area contributed by atoms with Gasteiger partial charge in [0.25, 0.3) is 0 Å². The molecular formula is C13H14Cl2O. The van der Waals surface area contributed by atoms with Crippen LogP contribution in [0.15, 0.2) is 30.4 Å². The average Bonchev–Trinajstić information content (AvgIpc) is 2.23. The minimum Gasteiger partial charge on any atom is -0.299 e. The Kier molecular flexibility index (Phi) is 5.04. The lowest BCUT2D eigenvalue weighted by atomic mass is 10.0. The van der Waals surface area contributed by atoms with Gasteiger partial charge in [0.1, 0.15) is 5.78 Å². The van der Waals surface area contributed by atoms with Gasteiger partial charge < -0.3 is 0 Å². The van der Waals surface area contributed by atoms with Crippen molar-refractivity contribution in [1.29, 1.82) is 0 Å². The number of allylic oxidation sites excluding steroid dienone is 1. The molecule has 1 rings (SSSR count). The van der Waals surface area contributed by atoms with Crippen LogP contribution in [0.5, 0.6) is 0 Å². The van der Waals surface area contributed by atoms with Gasteiger partial charge in [0, 0.05) is 12.8 Å². The number of hydrogen-bond acceptors (Lipinski definition) is 1. The predicted octanol–water partition coefficient (Wildman–Crippen LogP) is 4.46. The molecule has 0 spiro atoms. The first-order valence-corrected chi connectivity index (χ1v) is 5.90. The standard InChI is InChI=1S/C13H14Cl2O/c1-3-9(2)6-11(16)7-10-4-5-12(14)13(15)8-10/h4-5,8H,2-3,6-7H2,1H3. The van der Waals surface area contributed by atoms with E-state index in [1.165, 1.54) is 0 Å². The van der Waals surface area contributed by atoms with Crippen molar-refractivity contribution in [2.45, 2.75) is 26.2 Å². The van der Waals surface area contributed by atoms with Gasteiger partial charge >= 0.3 is 0 Å². The molecule has 0 saturated carbocycles. The Labute approximate surface area is 106 Å². The zero-order chi connectivity index (χ0) is 12.1. The van der Waals surface area contributed by atoms with E-state index in [1.54, 1.807) is 12.1 Å². The highest BCUT2D eigenvalue weighted by Gasteiger charge is 2.06. The Hall–Kier alpha value is -0.790. The van der Waals surface area contributed by atoms with E-state index in [4.69, 9.17) is 23.2 Å². The van der Waals surface area contributed by atoms with Crippen LogP contribution in [0.25, 0.3) is 0 Å². The van der Waals surface area contributed by atoms with Crippen molar-refractivity contribution in [2.24, 2.45) is 0 Å². The number of carbonyl (C=O) groups is 1. The van der Waals surface area contributed by atoms with E-state index in [0.29, 0.717) is 22.9 Å². The summed E-state index contributed by atoms with van der Waals surface area (Å²) in [6.07, 6.45) is 1.67. The molecule has 1 nitrogen and oxygen atoms in total. The summed E-state index contributed by atoms with van der Waals surface area (Å²) in [5.74, 6) is 0.158. The van der Waals surface area contributed by atoms with Crippen LogP contribution >= 0.6 is 23.2 Å². The van der Waals surface area contributed by atoms with Crippen molar-refractivity contribution in [3.63, 3.8) is 0 Å². The molecular weight excluding hydrogens is 243 g/mol. The zero-order valence-corrected chi connectivity index (χ0v) is 10.7. The number of benzene rings is 1. The summed E-state index contributed by atoms with van der Waals surface area (Å²) in [6, 6.07) is 5.26. The third kappa shape index (κ3) is 3.99. The lowest BCUT2D eigenvalue weighted by Crippen LogP contribution is -2.03. The van der Waals surface area contributed by atoms with Gasteiger partial charge in [0.05, 0.1) is 10.0 Å². The molecule has 0 fully saturated rings. The molecule has 0 N–H and O–H groups in total. The van der Waals surface area contributed by atoms with Crippen LogP contribution in [-0.2, 0) is 11.2 Å². The van der Waals surface area contributed by atoms with Gasteiger partial charge in [-0.2, -0.15) is 0 Å². The average molecular weight is 257 g/mol. The van der Waals surface area contributed by atoms with Crippen LogP contribution in [0.4, 0.5) is 0 Å². The molecule has 86 valence electrons. The van der Waals surface area contributed by atoms with Crippen molar-refractivity contribution >= 4 is 29.0 Å². The largest absolute Gasteiger partial charge is 0.299 e. The summed E-state index contributed by atoms with van der Waals surface area (Å²) in [5, 5.41) is 0.997. The molecule has 0 aliphatic heterocycles. The monoisotopic (exact) mass is 256 g/mol. The van der Waals surface area contributed by atoms with Crippen LogP contribution < -0.4 is 0 Å². The summed E-state index contributed by atoms with van der Waals surface area (Å²) in [7, 11) is 0. The van der Waals surface area contributed by atoms with E-state index in [1.807, 2.05) is 13.0 Å². The van der Waals surface area contributed by atoms with Gasteiger partial charge in [0.2, 0.25) is 0 Å². The molecule has 1 aromatic rings. The second-order valence-corrected chi connectivity index (χ2v) is 4.56. The molecule has 0 bridgehead atoms. The lowest BCUT2D eigenvalue weighted by molar-refractivity contribution is -0.117. The second-order valence-electron chi connectivity index (χ2n) is 3.74. The molecule has 16 heavy (non-hydrogen) atoms. The maximum Gasteiger partial charge on any atom is 0.141 e. The molecule has 0 aromatic heterocycles. The number of hydrogen-bond donors (Lipinski definition) is 0. The van der Waals surface area contributed by atoms with Crippen LogP contribution in [0.1, 0.15) is 25.3 Å². The molecule has 0 atom stereocenters. The Balaban J connectivity index is 2.63. The van der Waals surface area contributed by atoms with Crippen molar-refractivity contribution in [2.75, 3.05) is 0 Å². The summed E-state index contributed by atoms with van der Waals surface area (Å²) >= 11 is 11.7. The molecule has 0 aliphatic carbocycles. The van der Waals surface area contributed by atoms with Gasteiger partial charge in [-0.25, -0.2) is 0 Å². The first kappa shape index (κ1) is 13.3. The van der Waals surface area contributed by atoms with Crippen LogP contribution in [0.2, 0.25) is 10.0 Å². The highest BCUT2D eigenvalue weighted by Crippen LogP contribution is 2.23. The molecule has 0 radical (unpaired) electrons. The molecule has 0 aliphatic rings. The molecule has 0 heterocycles. The minimum atomic E-state index is 0.158. The number of rotatable bonds is 5. The fourth-order valence-electron chi connectivity index (χ4n) is 1.34. The normalized spacial score (nSPS) is 10.2. The van der Waals surface area contributed by atoms with Crippen molar-refractivity contribution in [3.05, 3.63) is 46.0 Å². The van der Waals surface area contributed by atoms with Gasteiger partial charge in [-0.05, 0) is 24.1 Å². The Bertz CT molecular complexity index is 410. The van der Waals surface area contributed by atoms with E-state index in [-0.39, 0.29) is 5.78 Å². The fourth-order valence-corrected chi connectivity index (χ4v) is 1.66. The number of Topliss-reactive ketones (excluding diaryl/α,β-unsaturated/α-hetero) is 1. The number of halogens is 2. The fraction of sp³-hybridized carbons (Fsp3) is 0.308. The Morgan fingerprint density at radius 3 is 2.56 bits per heavy atom. The highest BCUT2D eigenvalue weighted by atomic mass is 35.5. The third-order valence-electron chi connectivity index (χ3n) is 2.33. The maximum absolute atomic E-state index is 11.6. The highest BCUT2D eigenvalue weighted by molar-refractivity contribution is 6.42. The Morgan fingerprint density at radius 2 is 2.00 bits per heavy atom. The minimum absolute atomic E-state index is 0.158. The quantitative estimate of drug-likeness (QED) is 0.711.